The van der Waals surface area contributed by atoms with Crippen LogP contribution < -0.4 is 5.32 Å². The molecule has 1 atom stereocenters. The summed E-state index contributed by atoms with van der Waals surface area (Å²) in [5.41, 5.74) is 0.948. The second-order valence-corrected chi connectivity index (χ2v) is 7.00. The molecule has 1 aliphatic heterocycles. The number of likely N-dealkylation sites (tertiary alicyclic amines) is 1. The van der Waals surface area contributed by atoms with Crippen LogP contribution >= 0.6 is 31.9 Å². The third kappa shape index (κ3) is 4.22. The lowest BCUT2D eigenvalue weighted by atomic mass is 10.2. The first kappa shape index (κ1) is 15.8. The Labute approximate surface area is 137 Å². The molecule has 110 valence electrons. The van der Waals surface area contributed by atoms with E-state index in [1.807, 2.05) is 30.0 Å². The first-order valence-electron chi connectivity index (χ1n) is 7.08. The highest BCUT2D eigenvalue weighted by Crippen LogP contribution is 2.27. The minimum Gasteiger partial charge on any atom is -0.373 e. The predicted molar refractivity (Wildman–Crippen MR) is 90.0 cm³/mol. The van der Waals surface area contributed by atoms with Gasteiger partial charge < -0.3 is 10.2 Å². The van der Waals surface area contributed by atoms with Crippen LogP contribution in [0.2, 0.25) is 0 Å². The monoisotopic (exact) mass is 402 g/mol. The highest BCUT2D eigenvalue weighted by Gasteiger charge is 2.21. The number of hydrogen-bond acceptors (Lipinski definition) is 2. The number of benzene rings is 1. The molecule has 1 aromatic carbocycles. The highest BCUT2D eigenvalue weighted by atomic mass is 79.9. The van der Waals surface area contributed by atoms with Gasteiger partial charge in [-0.1, -0.05) is 28.8 Å². The van der Waals surface area contributed by atoms with Gasteiger partial charge in [-0.25, -0.2) is 0 Å². The Kier molecular flexibility index (Phi) is 5.90. The normalized spacial score (nSPS) is 17.4. The molecular weight excluding hydrogens is 384 g/mol. The van der Waals surface area contributed by atoms with E-state index in [9.17, 15) is 4.79 Å². The number of carbonyl (C=O) groups is 1. The van der Waals surface area contributed by atoms with Crippen molar-refractivity contribution in [3.63, 3.8) is 0 Å². The van der Waals surface area contributed by atoms with Gasteiger partial charge >= 0.3 is 0 Å². The molecular formula is C15H20Br2N2O. The van der Waals surface area contributed by atoms with Crippen LogP contribution in [0.15, 0.2) is 27.1 Å². The van der Waals surface area contributed by atoms with Crippen molar-refractivity contribution in [2.75, 3.05) is 18.4 Å². The lowest BCUT2D eigenvalue weighted by Gasteiger charge is -2.25. The molecule has 0 saturated carbocycles. The number of nitrogens with zero attached hydrogens (tertiary/aromatic N) is 1. The number of anilines is 1. The Bertz CT molecular complexity index is 471. The smallest absolute Gasteiger partial charge is 0.244 e. The summed E-state index contributed by atoms with van der Waals surface area (Å²) in [4.78, 5) is 14.5. The summed E-state index contributed by atoms with van der Waals surface area (Å²) in [6.45, 7) is 3.72. The summed E-state index contributed by atoms with van der Waals surface area (Å²) < 4.78 is 1.98. The van der Waals surface area contributed by atoms with Gasteiger partial charge in [0.25, 0.3) is 0 Å². The second-order valence-electron chi connectivity index (χ2n) is 5.23. The summed E-state index contributed by atoms with van der Waals surface area (Å²) in [5.74, 6) is 0.196. The third-order valence-corrected chi connectivity index (χ3v) is 4.74. The fourth-order valence-corrected chi connectivity index (χ4v) is 3.63. The molecule has 0 bridgehead atoms. The van der Waals surface area contributed by atoms with Crippen molar-refractivity contribution < 1.29 is 4.79 Å². The van der Waals surface area contributed by atoms with E-state index < -0.39 is 0 Å². The SMILES string of the molecule is CC(Nc1ccc(Br)cc1Br)C(=O)N1CCCCCC1. The molecule has 1 aliphatic rings. The fraction of sp³-hybridized carbons (Fsp3) is 0.533. The quantitative estimate of drug-likeness (QED) is 0.810. The van der Waals surface area contributed by atoms with Crippen molar-refractivity contribution in [2.45, 2.75) is 38.6 Å². The van der Waals surface area contributed by atoms with E-state index in [-0.39, 0.29) is 11.9 Å². The minimum atomic E-state index is -0.203. The summed E-state index contributed by atoms with van der Waals surface area (Å²) in [5, 5.41) is 3.30. The van der Waals surface area contributed by atoms with Gasteiger partial charge in [0, 0.05) is 27.7 Å². The van der Waals surface area contributed by atoms with Gasteiger partial charge in [-0.15, -0.1) is 0 Å². The number of amides is 1. The molecule has 20 heavy (non-hydrogen) atoms. The second kappa shape index (κ2) is 7.46. The van der Waals surface area contributed by atoms with E-state index in [2.05, 4.69) is 37.2 Å². The predicted octanol–water partition coefficient (Wildman–Crippen LogP) is 4.41. The number of halogens is 2. The maximum Gasteiger partial charge on any atom is 0.244 e. The van der Waals surface area contributed by atoms with Gasteiger partial charge in [0.2, 0.25) is 5.91 Å². The van der Waals surface area contributed by atoms with Crippen molar-refractivity contribution in [2.24, 2.45) is 0 Å². The van der Waals surface area contributed by atoms with Crippen molar-refractivity contribution >= 4 is 43.5 Å². The molecule has 1 saturated heterocycles. The number of carbonyl (C=O) groups excluding carboxylic acids is 1. The Morgan fingerprint density at radius 1 is 1.20 bits per heavy atom. The van der Waals surface area contributed by atoms with E-state index in [4.69, 9.17) is 0 Å². The third-order valence-electron chi connectivity index (χ3n) is 3.59. The molecule has 1 N–H and O–H groups in total. The molecule has 5 heteroatoms. The van der Waals surface area contributed by atoms with Gasteiger partial charge in [0.15, 0.2) is 0 Å². The summed E-state index contributed by atoms with van der Waals surface area (Å²) in [6, 6.07) is 5.72. The van der Waals surface area contributed by atoms with Crippen LogP contribution in [0.4, 0.5) is 5.69 Å². The highest BCUT2D eigenvalue weighted by molar-refractivity contribution is 9.11. The zero-order valence-electron chi connectivity index (χ0n) is 11.7. The van der Waals surface area contributed by atoms with E-state index >= 15 is 0 Å². The van der Waals surface area contributed by atoms with Crippen molar-refractivity contribution in [1.29, 1.82) is 0 Å². The molecule has 1 aromatic rings. The van der Waals surface area contributed by atoms with Gasteiger partial charge in [-0.3, -0.25) is 4.79 Å². The van der Waals surface area contributed by atoms with Crippen molar-refractivity contribution in [3.8, 4) is 0 Å². The lowest BCUT2D eigenvalue weighted by Crippen LogP contribution is -2.41. The first-order valence-corrected chi connectivity index (χ1v) is 8.67. The standard InChI is InChI=1S/C15H20Br2N2O/c1-11(15(20)19-8-4-2-3-5-9-19)18-14-7-6-12(16)10-13(14)17/h6-7,10-11,18H,2-5,8-9H2,1H3. The molecule has 0 aromatic heterocycles. The van der Waals surface area contributed by atoms with E-state index in [1.54, 1.807) is 0 Å². The number of nitrogens with one attached hydrogen (secondary N) is 1. The molecule has 3 nitrogen and oxygen atoms in total. The maximum atomic E-state index is 12.5. The molecule has 1 fully saturated rings. The van der Waals surface area contributed by atoms with Crippen LogP contribution in [-0.2, 0) is 4.79 Å². The molecule has 1 amide bonds. The zero-order chi connectivity index (χ0) is 14.5. The molecule has 0 radical (unpaired) electrons. The average Bonchev–Trinajstić information content (AvgIpc) is 2.70. The van der Waals surface area contributed by atoms with Crippen LogP contribution in [0.3, 0.4) is 0 Å². The largest absolute Gasteiger partial charge is 0.373 e. The van der Waals surface area contributed by atoms with Crippen LogP contribution in [0, 0.1) is 0 Å². The van der Waals surface area contributed by atoms with Crippen molar-refractivity contribution in [3.05, 3.63) is 27.1 Å². The molecule has 2 rings (SSSR count). The first-order chi connectivity index (χ1) is 9.58. The number of hydrogen-bond donors (Lipinski definition) is 1. The van der Waals surface area contributed by atoms with E-state index in [0.29, 0.717) is 0 Å². The van der Waals surface area contributed by atoms with E-state index in [0.717, 1.165) is 40.6 Å². The molecule has 0 aliphatic carbocycles. The van der Waals surface area contributed by atoms with E-state index in [1.165, 1.54) is 12.8 Å². The topological polar surface area (TPSA) is 32.3 Å². The number of rotatable bonds is 3. The Balaban J connectivity index is 1.99. The van der Waals surface area contributed by atoms with Crippen LogP contribution in [0.25, 0.3) is 0 Å². The lowest BCUT2D eigenvalue weighted by molar-refractivity contribution is -0.131. The van der Waals surface area contributed by atoms with Gasteiger partial charge in [0.1, 0.15) is 6.04 Å². The summed E-state index contributed by atoms with van der Waals surface area (Å²) >= 11 is 6.95. The van der Waals surface area contributed by atoms with Crippen LogP contribution in [0.5, 0.6) is 0 Å². The maximum absolute atomic E-state index is 12.5. The average molecular weight is 404 g/mol. The van der Waals surface area contributed by atoms with Crippen LogP contribution in [0.1, 0.15) is 32.6 Å². The summed E-state index contributed by atoms with van der Waals surface area (Å²) in [6.07, 6.45) is 4.73. The Hall–Kier alpha value is -0.550. The van der Waals surface area contributed by atoms with Gasteiger partial charge in [-0.2, -0.15) is 0 Å². The zero-order valence-corrected chi connectivity index (χ0v) is 14.8. The fourth-order valence-electron chi connectivity index (χ4n) is 2.47. The molecule has 1 unspecified atom stereocenters. The minimum absolute atomic E-state index is 0.196. The molecule has 1 heterocycles. The Morgan fingerprint density at radius 3 is 2.45 bits per heavy atom. The van der Waals surface area contributed by atoms with Gasteiger partial charge in [-0.05, 0) is 53.9 Å². The van der Waals surface area contributed by atoms with Crippen molar-refractivity contribution in [1.82, 2.24) is 4.90 Å². The van der Waals surface area contributed by atoms with Crippen LogP contribution in [-0.4, -0.2) is 29.9 Å². The van der Waals surface area contributed by atoms with Gasteiger partial charge in [0.05, 0.1) is 0 Å². The summed E-state index contributed by atoms with van der Waals surface area (Å²) in [7, 11) is 0. The Morgan fingerprint density at radius 2 is 1.85 bits per heavy atom. The molecule has 0 spiro atoms.